The number of ether oxygens (including phenoxy) is 2. The fraction of sp³-hybridized carbons (Fsp3) is 0.111. The zero-order chi connectivity index (χ0) is 82.9. The molecule has 0 atom stereocenters. The molecule has 0 saturated carbocycles. The third-order valence-corrected chi connectivity index (χ3v) is 39.5. The highest BCUT2D eigenvalue weighted by Gasteiger charge is 2.52. The summed E-state index contributed by atoms with van der Waals surface area (Å²) < 4.78 is 15.9. The number of aryl methyl sites for hydroxylation is 6. The average molecular weight is 1630 g/mol. The molecule has 0 radical (unpaired) electrons. The number of nitrogens with zero attached hydrogens (tertiary/aromatic N) is 6. The van der Waals surface area contributed by atoms with Gasteiger partial charge in [-0.3, -0.25) is 0 Å². The summed E-state index contributed by atoms with van der Waals surface area (Å²) in [6, 6.07) is 119. The molecular formula is C108H88B3N7O2Si3. The van der Waals surface area contributed by atoms with Gasteiger partial charge in [0, 0.05) is 104 Å². The fourth-order valence-electron chi connectivity index (χ4n) is 23.8. The lowest BCUT2D eigenvalue weighted by Crippen LogP contribution is -2.65. The second-order valence-corrected chi connectivity index (χ2v) is 50.2. The first-order valence-electron chi connectivity index (χ1n) is 43.6. The number of hydrogen-bond acceptors (Lipinski definition) is 9. The largest absolute Gasteiger partial charge is 0.458 e. The molecule has 0 aliphatic carbocycles. The molecule has 0 spiro atoms. The van der Waals surface area contributed by atoms with E-state index < -0.39 is 24.2 Å². The summed E-state index contributed by atoms with van der Waals surface area (Å²) in [5.41, 5.74) is 40.6. The third-order valence-electron chi connectivity index (χ3n) is 28.9. The van der Waals surface area contributed by atoms with Gasteiger partial charge in [0.25, 0.3) is 20.1 Å². The van der Waals surface area contributed by atoms with E-state index in [1.165, 1.54) is 126 Å². The van der Waals surface area contributed by atoms with Crippen molar-refractivity contribution in [3.63, 3.8) is 0 Å². The summed E-state index contributed by atoms with van der Waals surface area (Å²) in [4.78, 5) is 15.5. The molecular weight excluding hydrogens is 1540 g/mol. The van der Waals surface area contributed by atoms with Gasteiger partial charge in [-0.05, 0) is 235 Å². The van der Waals surface area contributed by atoms with Crippen molar-refractivity contribution < 1.29 is 9.47 Å². The molecule has 1 N–H and O–H groups in total. The van der Waals surface area contributed by atoms with Crippen molar-refractivity contribution in [3.05, 3.63) is 343 Å². The Bertz CT molecular complexity index is 7220. The topological polar surface area (TPSA) is 49.9 Å². The molecule has 15 heteroatoms. The molecule has 0 aromatic heterocycles. The molecule has 9 aliphatic heterocycles. The van der Waals surface area contributed by atoms with Gasteiger partial charge in [0.05, 0.1) is 28.4 Å². The van der Waals surface area contributed by atoms with Crippen LogP contribution in [0.5, 0.6) is 23.0 Å². The van der Waals surface area contributed by atoms with E-state index in [4.69, 9.17) is 9.47 Å². The lowest BCUT2D eigenvalue weighted by Gasteiger charge is -2.46. The van der Waals surface area contributed by atoms with E-state index in [1.54, 1.807) is 0 Å². The first-order chi connectivity index (χ1) is 59.8. The second-order valence-electron chi connectivity index (χ2n) is 37.2. The van der Waals surface area contributed by atoms with Gasteiger partial charge in [-0.25, -0.2) is 0 Å². The van der Waals surface area contributed by atoms with Crippen LogP contribution < -0.4 is 124 Å². The van der Waals surface area contributed by atoms with Crippen molar-refractivity contribution in [1.29, 1.82) is 0 Å². The van der Waals surface area contributed by atoms with Crippen LogP contribution in [0, 0.1) is 41.5 Å². The number of para-hydroxylation sites is 9. The molecule has 0 fully saturated rings. The van der Waals surface area contributed by atoms with E-state index in [2.05, 4.69) is 425 Å². The predicted octanol–water partition coefficient (Wildman–Crippen LogP) is 18.5. The number of hydrogen-bond donors (Lipinski definition) is 1. The SMILES string of the molecule is Cc1cc(C)c(N2c3cc4c(cc3B3c5cc6c(cc5Oc5cc(N7c8ccccc8[Si](C)(C)c8ccccc87)cc2c53)N(c2c(C)cc(C)cc2C)c2cc(N3c5ccccc5[Si](C)(C)c5ccccc53)cc3c2B6c2ccccc2O3)B2c3ccccc3N(c3ccccc3)c3cc(N5c6ccccc6[Si](C)(C)c6ccccc65)cc(c32)N4)c(C)c1. The van der Waals surface area contributed by atoms with Gasteiger partial charge in [0.1, 0.15) is 47.2 Å². The number of fused-ring (bicyclic) bond motifs is 18. The summed E-state index contributed by atoms with van der Waals surface area (Å²) in [5, 5.41) is 12.9. The maximum absolute atomic E-state index is 8.28. The fourth-order valence-corrected chi connectivity index (χ4v) is 32.8. The Balaban J connectivity index is 0.778. The summed E-state index contributed by atoms with van der Waals surface area (Å²) in [6.07, 6.45) is 0. The highest BCUT2D eigenvalue weighted by Crippen LogP contribution is 2.55. The van der Waals surface area contributed by atoms with Crippen LogP contribution >= 0.6 is 0 Å². The van der Waals surface area contributed by atoms with Crippen LogP contribution in [0.15, 0.2) is 309 Å². The Hall–Kier alpha value is -13.4. The maximum atomic E-state index is 8.28. The Labute approximate surface area is 724 Å². The zero-order valence-electron chi connectivity index (χ0n) is 71.2. The van der Waals surface area contributed by atoms with Crippen LogP contribution in [-0.4, -0.2) is 44.4 Å². The van der Waals surface area contributed by atoms with E-state index >= 15 is 0 Å². The Morgan fingerprint density at radius 3 is 1.02 bits per heavy atom. The van der Waals surface area contributed by atoms with Crippen LogP contribution in [0.2, 0.25) is 39.3 Å². The van der Waals surface area contributed by atoms with Crippen molar-refractivity contribution in [2.24, 2.45) is 0 Å². The van der Waals surface area contributed by atoms with Crippen LogP contribution in [0.1, 0.15) is 33.4 Å². The minimum atomic E-state index is -2.25. The van der Waals surface area contributed by atoms with Crippen LogP contribution in [-0.2, 0) is 0 Å². The molecule has 123 heavy (non-hydrogen) atoms. The molecule has 16 aromatic carbocycles. The molecule has 0 amide bonds. The molecule has 9 aliphatic rings. The van der Waals surface area contributed by atoms with E-state index in [1.807, 2.05) is 0 Å². The molecule has 0 bridgehead atoms. The van der Waals surface area contributed by atoms with E-state index in [0.29, 0.717) is 0 Å². The van der Waals surface area contributed by atoms with Gasteiger partial charge < -0.3 is 44.2 Å². The molecule has 0 unspecified atom stereocenters. The Morgan fingerprint density at radius 2 is 0.569 bits per heavy atom. The van der Waals surface area contributed by atoms with E-state index in [-0.39, 0.29) is 20.1 Å². The highest BCUT2D eigenvalue weighted by molar-refractivity contribution is 7.06. The molecule has 9 nitrogen and oxygen atoms in total. The summed E-state index contributed by atoms with van der Waals surface area (Å²) in [7, 11) is -6.60. The van der Waals surface area contributed by atoms with Gasteiger partial charge in [0.15, 0.2) is 0 Å². The number of rotatable bonds is 6. The lowest BCUT2D eigenvalue weighted by molar-refractivity contribution is 0.487. The first-order valence-corrected chi connectivity index (χ1v) is 52.6. The van der Waals surface area contributed by atoms with Crippen molar-refractivity contribution in [3.8, 4) is 23.0 Å². The lowest BCUT2D eigenvalue weighted by atomic mass is 9.29. The monoisotopic (exact) mass is 1630 g/mol. The first kappa shape index (κ1) is 72.4. The van der Waals surface area contributed by atoms with Gasteiger partial charge >= 0.3 is 0 Å². The normalized spacial score (nSPS) is 15.6. The minimum Gasteiger partial charge on any atom is -0.458 e. The summed E-state index contributed by atoms with van der Waals surface area (Å²) in [5.74, 6) is 3.37. The number of benzene rings is 16. The predicted molar refractivity (Wildman–Crippen MR) is 530 cm³/mol. The molecule has 588 valence electrons. The standard InChI is InChI=1S/C108H88B3N7O2Si3/c1-64-50-66(3)107(67(4)51-64)117-89-62-80-76(109-74-34-16-18-36-82(74)113(70-32-14-13-15-33-70)91-55-71(54-81(112-80)104(91)109)114-83-37-19-26-44-98(83)121(7,8)99-45-27-20-38-84(99)114)60-77(89)111-79-61-78-90(63-95(79)120-97-59-73(57-93(117)106(97)111)116-87-41-23-30-48-102(87)123(11,12)103-49-31-24-42-88(103)116)118(108-68(5)52-65(2)53-69(108)6)92-56-72(58-96-105(92)110(78)75-35-17-25-43-94(75)119-96)115-85-39-21-28-46-100(85)122(9,10)101-47-29-22-40-86(101)115/h13-63,112H,1-12H3. The zero-order valence-corrected chi connectivity index (χ0v) is 74.2. The van der Waals surface area contributed by atoms with Crippen molar-refractivity contribution >= 4 is 238 Å². The molecule has 25 rings (SSSR count). The third kappa shape index (κ3) is 10.0. The Morgan fingerprint density at radius 1 is 0.228 bits per heavy atom. The number of anilines is 20. The van der Waals surface area contributed by atoms with Gasteiger partial charge in [-0.15, -0.1) is 0 Å². The van der Waals surface area contributed by atoms with Gasteiger partial charge in [0.2, 0.25) is 0 Å². The molecule has 9 heterocycles. The summed E-state index contributed by atoms with van der Waals surface area (Å²) in [6.45, 7) is 28.0. The Kier molecular flexibility index (Phi) is 15.2. The average Bonchev–Trinajstić information content (AvgIpc) is 0.684. The van der Waals surface area contributed by atoms with Crippen molar-refractivity contribution in [2.45, 2.75) is 80.8 Å². The molecule has 0 saturated heterocycles. The van der Waals surface area contributed by atoms with Crippen LogP contribution in [0.25, 0.3) is 0 Å². The van der Waals surface area contributed by atoms with Crippen molar-refractivity contribution in [1.82, 2.24) is 0 Å². The van der Waals surface area contributed by atoms with Crippen LogP contribution in [0.3, 0.4) is 0 Å². The van der Waals surface area contributed by atoms with Crippen molar-refractivity contribution in [2.75, 3.05) is 34.7 Å². The quantitative estimate of drug-likeness (QED) is 0.164. The molecule has 16 aromatic rings. The van der Waals surface area contributed by atoms with Gasteiger partial charge in [-0.2, -0.15) is 0 Å². The maximum Gasteiger partial charge on any atom is 0.256 e. The summed E-state index contributed by atoms with van der Waals surface area (Å²) >= 11 is 0. The highest BCUT2D eigenvalue weighted by atomic mass is 28.3. The second kappa shape index (κ2) is 25.8. The van der Waals surface area contributed by atoms with Gasteiger partial charge in [-0.1, -0.05) is 251 Å². The van der Waals surface area contributed by atoms with E-state index in [0.717, 1.165) is 124 Å². The van der Waals surface area contributed by atoms with E-state index in [9.17, 15) is 0 Å². The smallest absolute Gasteiger partial charge is 0.256 e. The minimum absolute atomic E-state index is 0.197. The van der Waals surface area contributed by atoms with Crippen LogP contribution in [0.4, 0.5) is 114 Å². The number of nitrogens with one attached hydrogen (secondary N) is 1.